The molecule has 0 saturated carbocycles. The molecule has 1 aliphatic rings. The first-order valence-electron chi connectivity index (χ1n) is 7.90. The van der Waals surface area contributed by atoms with E-state index in [9.17, 15) is 8.78 Å². The molecule has 0 fully saturated rings. The zero-order valence-electron chi connectivity index (χ0n) is 13.8. The van der Waals surface area contributed by atoms with Gasteiger partial charge in [0.05, 0.1) is 13.3 Å². The summed E-state index contributed by atoms with van der Waals surface area (Å²) in [5, 5.41) is 7.20. The lowest BCUT2D eigenvalue weighted by molar-refractivity contribution is -0.0512. The van der Waals surface area contributed by atoms with Gasteiger partial charge in [-0.25, -0.2) is 0 Å². The van der Waals surface area contributed by atoms with Crippen molar-refractivity contribution < 1.29 is 18.3 Å². The van der Waals surface area contributed by atoms with Crippen LogP contribution in [0.5, 0.6) is 11.5 Å². The maximum absolute atomic E-state index is 12.4. The number of nitrogens with zero attached hydrogens (tertiary/aromatic N) is 2. The predicted molar refractivity (Wildman–Crippen MR) is 85.2 cm³/mol. The van der Waals surface area contributed by atoms with E-state index in [0.717, 1.165) is 25.1 Å². The quantitative estimate of drug-likeness (QED) is 0.910. The summed E-state index contributed by atoms with van der Waals surface area (Å²) < 4.78 is 34.5. The minimum absolute atomic E-state index is 0.0533. The van der Waals surface area contributed by atoms with Crippen LogP contribution in [0.1, 0.15) is 23.7 Å². The fraction of sp³-hybridized carbons (Fsp3) is 0.471. The van der Waals surface area contributed by atoms with Crippen molar-refractivity contribution >= 4 is 0 Å². The molecule has 5 nitrogen and oxygen atoms in total. The van der Waals surface area contributed by atoms with Crippen LogP contribution in [0.15, 0.2) is 24.4 Å². The van der Waals surface area contributed by atoms with Gasteiger partial charge in [-0.3, -0.25) is 10.00 Å². The zero-order chi connectivity index (χ0) is 17.1. The molecule has 1 atom stereocenters. The van der Waals surface area contributed by atoms with Crippen molar-refractivity contribution in [2.75, 3.05) is 13.7 Å². The van der Waals surface area contributed by atoms with Crippen LogP contribution in [0, 0.1) is 5.92 Å². The SMILES string of the molecule is COc1cc(CN2Cc3cn[nH]c3CC(C)C2)ccc1OC(F)F. The smallest absolute Gasteiger partial charge is 0.387 e. The van der Waals surface area contributed by atoms with E-state index < -0.39 is 6.61 Å². The molecular weight excluding hydrogens is 316 g/mol. The van der Waals surface area contributed by atoms with Gasteiger partial charge in [0.1, 0.15) is 0 Å². The molecule has 2 heterocycles. The number of rotatable bonds is 5. The van der Waals surface area contributed by atoms with Gasteiger partial charge in [0.2, 0.25) is 0 Å². The fourth-order valence-corrected chi connectivity index (χ4v) is 3.19. The molecule has 0 aliphatic carbocycles. The molecule has 0 spiro atoms. The Morgan fingerprint density at radius 3 is 2.96 bits per heavy atom. The molecule has 1 aromatic carbocycles. The number of fused-ring (bicyclic) bond motifs is 1. The van der Waals surface area contributed by atoms with Crippen LogP contribution in [-0.2, 0) is 19.5 Å². The van der Waals surface area contributed by atoms with E-state index in [1.165, 1.54) is 24.4 Å². The first kappa shape index (κ1) is 16.7. The lowest BCUT2D eigenvalue weighted by Crippen LogP contribution is -2.26. The third kappa shape index (κ3) is 3.84. The topological polar surface area (TPSA) is 50.4 Å². The Kier molecular flexibility index (Phi) is 4.99. The van der Waals surface area contributed by atoms with Crippen molar-refractivity contribution in [2.24, 2.45) is 5.92 Å². The van der Waals surface area contributed by atoms with E-state index in [0.29, 0.717) is 18.2 Å². The number of aromatic nitrogens is 2. The van der Waals surface area contributed by atoms with Crippen molar-refractivity contribution in [3.05, 3.63) is 41.2 Å². The number of halogens is 2. The number of benzene rings is 1. The highest BCUT2D eigenvalue weighted by Gasteiger charge is 2.21. The number of methoxy groups -OCH3 is 1. The number of hydrogen-bond acceptors (Lipinski definition) is 4. The normalized spacial score (nSPS) is 18.3. The molecule has 3 rings (SSSR count). The molecule has 0 radical (unpaired) electrons. The Bertz CT molecular complexity index is 690. The zero-order valence-corrected chi connectivity index (χ0v) is 13.8. The number of hydrogen-bond donors (Lipinski definition) is 1. The van der Waals surface area contributed by atoms with Gasteiger partial charge in [0, 0.05) is 30.9 Å². The molecule has 1 unspecified atom stereocenters. The second kappa shape index (κ2) is 7.17. The van der Waals surface area contributed by atoms with Gasteiger partial charge in [0.25, 0.3) is 0 Å². The number of aromatic amines is 1. The maximum Gasteiger partial charge on any atom is 0.387 e. The molecule has 0 bridgehead atoms. The largest absolute Gasteiger partial charge is 0.493 e. The highest BCUT2D eigenvalue weighted by molar-refractivity contribution is 5.43. The Hall–Kier alpha value is -2.15. The second-order valence-corrected chi connectivity index (χ2v) is 6.22. The lowest BCUT2D eigenvalue weighted by atomic mass is 10.1. The molecule has 2 aromatic rings. The summed E-state index contributed by atoms with van der Waals surface area (Å²) in [6.45, 7) is 1.83. The van der Waals surface area contributed by atoms with Gasteiger partial charge in [-0.05, 0) is 30.0 Å². The van der Waals surface area contributed by atoms with Gasteiger partial charge < -0.3 is 9.47 Å². The Labute approximate surface area is 139 Å². The number of H-pyrrole nitrogens is 1. The van der Waals surface area contributed by atoms with E-state index in [-0.39, 0.29) is 5.75 Å². The summed E-state index contributed by atoms with van der Waals surface area (Å²) in [5.74, 6) is 0.882. The number of nitrogens with one attached hydrogen (secondary N) is 1. The summed E-state index contributed by atoms with van der Waals surface area (Å²) >= 11 is 0. The lowest BCUT2D eigenvalue weighted by Gasteiger charge is -2.23. The molecule has 0 amide bonds. The minimum Gasteiger partial charge on any atom is -0.493 e. The molecule has 0 saturated heterocycles. The Morgan fingerprint density at radius 2 is 2.21 bits per heavy atom. The molecule has 1 aromatic heterocycles. The number of alkyl halides is 2. The summed E-state index contributed by atoms with van der Waals surface area (Å²) in [5.41, 5.74) is 3.40. The van der Waals surface area contributed by atoms with E-state index in [1.54, 1.807) is 12.1 Å². The van der Waals surface area contributed by atoms with Gasteiger partial charge >= 0.3 is 6.61 Å². The summed E-state index contributed by atoms with van der Waals surface area (Å²) in [6, 6.07) is 5.08. The molecular formula is C17H21F2N3O2. The second-order valence-electron chi connectivity index (χ2n) is 6.22. The van der Waals surface area contributed by atoms with Crippen LogP contribution in [0.2, 0.25) is 0 Å². The first-order chi connectivity index (χ1) is 11.5. The summed E-state index contributed by atoms with van der Waals surface area (Å²) in [7, 11) is 1.45. The average molecular weight is 337 g/mol. The summed E-state index contributed by atoms with van der Waals surface area (Å²) in [4.78, 5) is 2.33. The fourth-order valence-electron chi connectivity index (χ4n) is 3.19. The van der Waals surface area contributed by atoms with Gasteiger partial charge in [0.15, 0.2) is 11.5 Å². The molecule has 130 valence electrons. The highest BCUT2D eigenvalue weighted by atomic mass is 19.3. The van der Waals surface area contributed by atoms with Crippen LogP contribution in [0.25, 0.3) is 0 Å². The summed E-state index contributed by atoms with van der Waals surface area (Å²) in [6.07, 6.45) is 2.86. The average Bonchev–Trinajstić information content (AvgIpc) is 2.88. The minimum atomic E-state index is -2.87. The molecule has 7 heteroatoms. The van der Waals surface area contributed by atoms with Gasteiger partial charge in [-0.2, -0.15) is 13.9 Å². The van der Waals surface area contributed by atoms with Crippen LogP contribution >= 0.6 is 0 Å². The predicted octanol–water partition coefficient (Wildman–Crippen LogP) is 3.21. The van der Waals surface area contributed by atoms with Crippen molar-refractivity contribution in [3.8, 4) is 11.5 Å². The molecule has 1 aliphatic heterocycles. The third-order valence-electron chi connectivity index (χ3n) is 4.17. The monoisotopic (exact) mass is 337 g/mol. The van der Waals surface area contributed by atoms with Crippen LogP contribution in [0.3, 0.4) is 0 Å². The van der Waals surface area contributed by atoms with Crippen molar-refractivity contribution in [2.45, 2.75) is 33.0 Å². The van der Waals surface area contributed by atoms with Crippen LogP contribution in [-0.4, -0.2) is 35.4 Å². The van der Waals surface area contributed by atoms with E-state index in [4.69, 9.17) is 4.74 Å². The third-order valence-corrected chi connectivity index (χ3v) is 4.17. The van der Waals surface area contributed by atoms with Crippen molar-refractivity contribution in [3.63, 3.8) is 0 Å². The van der Waals surface area contributed by atoms with E-state index in [2.05, 4.69) is 26.8 Å². The molecule has 1 N–H and O–H groups in total. The Balaban J connectivity index is 1.75. The van der Waals surface area contributed by atoms with Crippen LogP contribution in [0.4, 0.5) is 8.78 Å². The number of ether oxygens (including phenoxy) is 2. The highest BCUT2D eigenvalue weighted by Crippen LogP contribution is 2.30. The Morgan fingerprint density at radius 1 is 1.38 bits per heavy atom. The van der Waals surface area contributed by atoms with Gasteiger partial charge in [-0.15, -0.1) is 0 Å². The molecule has 24 heavy (non-hydrogen) atoms. The van der Waals surface area contributed by atoms with E-state index in [1.807, 2.05) is 6.20 Å². The standard InChI is InChI=1S/C17H21F2N3O2/c1-11-5-14-13(7-20-21-14)10-22(8-11)9-12-3-4-15(24-17(18)19)16(6-12)23-2/h3-4,6-7,11,17H,5,8-10H2,1-2H3,(H,20,21). The maximum atomic E-state index is 12.4. The van der Waals surface area contributed by atoms with Crippen molar-refractivity contribution in [1.82, 2.24) is 15.1 Å². The van der Waals surface area contributed by atoms with Crippen LogP contribution < -0.4 is 9.47 Å². The first-order valence-corrected chi connectivity index (χ1v) is 7.90. The van der Waals surface area contributed by atoms with Gasteiger partial charge in [-0.1, -0.05) is 13.0 Å². The van der Waals surface area contributed by atoms with Crippen molar-refractivity contribution in [1.29, 1.82) is 0 Å². The van der Waals surface area contributed by atoms with E-state index >= 15 is 0 Å².